The molecule has 5 heteroatoms. The molecule has 0 fully saturated rings. The fraction of sp³-hybridized carbons (Fsp3) is 0.160. The molecule has 0 unspecified atom stereocenters. The molecule has 0 N–H and O–H groups in total. The molecule has 0 spiro atoms. The average molecular weight is 711 g/mol. The van der Waals surface area contributed by atoms with Crippen LogP contribution in [0, 0.1) is 0 Å². The number of anilines is 2. The Balaban J connectivity index is 1.25. The first-order chi connectivity index (χ1) is 26.5. The smallest absolute Gasteiger partial charge is 0.333 e. The molecule has 0 saturated heterocycles. The molecular formula is C50H39BN2O2. The van der Waals surface area contributed by atoms with Gasteiger partial charge in [0.1, 0.15) is 22.3 Å². The van der Waals surface area contributed by atoms with Crippen molar-refractivity contribution in [3.05, 3.63) is 139 Å². The van der Waals surface area contributed by atoms with E-state index in [4.69, 9.17) is 8.83 Å². The SMILES string of the molecule is CC(C)(C)c1ccc(N2B3c4cc(C(C)(C)C)ccc4-n4c5cc6c(cc5c5ccc(c3c54)-c3cc4c(cc32)oc2ccccc24)oc2ccccc26)cc1. The van der Waals surface area contributed by atoms with Crippen molar-refractivity contribution in [2.75, 3.05) is 4.81 Å². The number of fused-ring (bicyclic) bond motifs is 14. The van der Waals surface area contributed by atoms with E-state index in [0.717, 1.165) is 55.3 Å². The third-order valence-electron chi connectivity index (χ3n) is 12.5. The second-order valence-corrected chi connectivity index (χ2v) is 17.8. The molecular weight excluding hydrogens is 671 g/mol. The summed E-state index contributed by atoms with van der Waals surface area (Å²) in [4.78, 5) is 2.60. The van der Waals surface area contributed by atoms with Crippen LogP contribution in [0.4, 0.5) is 11.4 Å². The molecule has 3 aromatic heterocycles. The first-order valence-corrected chi connectivity index (χ1v) is 19.5. The van der Waals surface area contributed by atoms with E-state index >= 15 is 0 Å². The normalized spacial score (nSPS) is 13.9. The maximum absolute atomic E-state index is 6.60. The molecule has 0 radical (unpaired) electrons. The number of benzene rings is 7. The molecule has 0 aliphatic carbocycles. The molecule has 5 heterocycles. The first kappa shape index (κ1) is 31.2. The summed E-state index contributed by atoms with van der Waals surface area (Å²) in [6.45, 7) is 13.7. The Labute approximate surface area is 319 Å². The highest BCUT2D eigenvalue weighted by molar-refractivity contribution is 6.93. The quantitative estimate of drug-likeness (QED) is 0.159. The number of hydrogen-bond donors (Lipinski definition) is 0. The molecule has 0 saturated carbocycles. The average Bonchev–Trinajstić information content (AvgIpc) is 3.83. The Bertz CT molecular complexity index is 3290. The maximum Gasteiger partial charge on any atom is 0.333 e. The van der Waals surface area contributed by atoms with Gasteiger partial charge in [0.15, 0.2) is 0 Å². The van der Waals surface area contributed by atoms with Crippen molar-refractivity contribution in [3.8, 4) is 16.8 Å². The Morgan fingerprint density at radius 3 is 1.80 bits per heavy atom. The summed E-state index contributed by atoms with van der Waals surface area (Å²) in [6, 6.07) is 47.4. The summed E-state index contributed by atoms with van der Waals surface area (Å²) in [5.74, 6) is 0. The highest BCUT2D eigenvalue weighted by atomic mass is 16.3. The van der Waals surface area contributed by atoms with Gasteiger partial charge in [0.2, 0.25) is 0 Å². The van der Waals surface area contributed by atoms with Gasteiger partial charge in [-0.05, 0) is 87.0 Å². The van der Waals surface area contributed by atoms with Gasteiger partial charge in [-0.3, -0.25) is 0 Å². The highest BCUT2D eigenvalue weighted by Crippen LogP contribution is 2.48. The fourth-order valence-corrected chi connectivity index (χ4v) is 9.70. The molecule has 0 amide bonds. The molecule has 264 valence electrons. The Morgan fingerprint density at radius 2 is 1.11 bits per heavy atom. The summed E-state index contributed by atoms with van der Waals surface area (Å²) >= 11 is 0. The Kier molecular flexibility index (Phi) is 5.84. The van der Waals surface area contributed by atoms with Crippen LogP contribution in [0.2, 0.25) is 0 Å². The van der Waals surface area contributed by atoms with Crippen LogP contribution in [0.1, 0.15) is 52.7 Å². The molecule has 0 atom stereocenters. The molecule has 0 bridgehead atoms. The van der Waals surface area contributed by atoms with Crippen molar-refractivity contribution in [1.82, 2.24) is 4.57 Å². The van der Waals surface area contributed by atoms with E-state index in [2.05, 4.69) is 172 Å². The van der Waals surface area contributed by atoms with Gasteiger partial charge >= 0.3 is 6.85 Å². The Morgan fingerprint density at radius 1 is 0.473 bits per heavy atom. The summed E-state index contributed by atoms with van der Waals surface area (Å²) in [5, 5.41) is 7.02. The van der Waals surface area contributed by atoms with Gasteiger partial charge in [0, 0.05) is 61.0 Å². The minimum Gasteiger partial charge on any atom is -0.456 e. The van der Waals surface area contributed by atoms with E-state index in [1.807, 2.05) is 6.07 Å². The number of hydrogen-bond acceptors (Lipinski definition) is 3. The summed E-state index contributed by atoms with van der Waals surface area (Å²) in [5.41, 5.74) is 17.5. The predicted molar refractivity (Wildman–Crippen MR) is 232 cm³/mol. The fourth-order valence-electron chi connectivity index (χ4n) is 9.70. The first-order valence-electron chi connectivity index (χ1n) is 19.5. The molecule has 55 heavy (non-hydrogen) atoms. The van der Waals surface area contributed by atoms with Crippen molar-refractivity contribution in [2.24, 2.45) is 0 Å². The number of aromatic nitrogens is 1. The number of rotatable bonds is 1. The largest absolute Gasteiger partial charge is 0.456 e. The second kappa shape index (κ2) is 10.3. The number of furan rings is 2. The van der Waals surface area contributed by atoms with Crippen molar-refractivity contribution in [3.63, 3.8) is 0 Å². The summed E-state index contributed by atoms with van der Waals surface area (Å²) in [7, 11) is 0. The van der Waals surface area contributed by atoms with Crippen molar-refractivity contribution in [1.29, 1.82) is 0 Å². The zero-order valence-electron chi connectivity index (χ0n) is 31.9. The van der Waals surface area contributed by atoms with Crippen molar-refractivity contribution in [2.45, 2.75) is 52.4 Å². The minimum atomic E-state index is -0.0774. The van der Waals surface area contributed by atoms with E-state index in [-0.39, 0.29) is 17.7 Å². The van der Waals surface area contributed by atoms with Crippen LogP contribution >= 0.6 is 0 Å². The van der Waals surface area contributed by atoms with Gasteiger partial charge in [0.05, 0.1) is 11.0 Å². The second-order valence-electron chi connectivity index (χ2n) is 17.8. The lowest BCUT2D eigenvalue weighted by atomic mass is 9.43. The van der Waals surface area contributed by atoms with Crippen LogP contribution in [0.5, 0.6) is 0 Å². The number of nitrogens with zero attached hydrogens (tertiary/aromatic N) is 2. The standard InChI is InChI=1S/C50H39BN2O2/c1-49(2,3)28-15-18-30(19-16-28)53-42-27-46-37(31-11-7-9-13-43(31)55-46)24-35(42)33-20-21-34-36-26-45-38(32-12-8-10-14-44(32)54-45)25-41(36)52-40-22-17-29(50(4,5)6)23-39(40)51(53)47(33)48(34)52/h7-27H,1-6H3. The van der Waals surface area contributed by atoms with Gasteiger partial charge in [-0.15, -0.1) is 0 Å². The predicted octanol–water partition coefficient (Wildman–Crippen LogP) is 12.4. The van der Waals surface area contributed by atoms with E-state index in [9.17, 15) is 0 Å². The van der Waals surface area contributed by atoms with E-state index in [1.165, 1.54) is 60.7 Å². The van der Waals surface area contributed by atoms with E-state index in [0.29, 0.717) is 0 Å². The summed E-state index contributed by atoms with van der Waals surface area (Å²) in [6.07, 6.45) is 0. The van der Waals surface area contributed by atoms with Crippen LogP contribution < -0.4 is 15.7 Å². The zero-order valence-corrected chi connectivity index (χ0v) is 31.9. The van der Waals surface area contributed by atoms with Crippen LogP contribution in [-0.4, -0.2) is 11.4 Å². The van der Waals surface area contributed by atoms with Crippen LogP contribution in [0.25, 0.3) is 82.5 Å². The lowest BCUT2D eigenvalue weighted by Crippen LogP contribution is -2.60. The minimum absolute atomic E-state index is 0.0308. The van der Waals surface area contributed by atoms with E-state index < -0.39 is 0 Å². The van der Waals surface area contributed by atoms with Crippen LogP contribution in [0.15, 0.2) is 136 Å². The van der Waals surface area contributed by atoms with Gasteiger partial charge in [-0.25, -0.2) is 0 Å². The third kappa shape index (κ3) is 4.13. The highest BCUT2D eigenvalue weighted by Gasteiger charge is 2.44. The molecule has 10 aromatic rings. The number of para-hydroxylation sites is 2. The monoisotopic (exact) mass is 710 g/mol. The van der Waals surface area contributed by atoms with Crippen LogP contribution in [-0.2, 0) is 10.8 Å². The molecule has 4 nitrogen and oxygen atoms in total. The molecule has 12 rings (SSSR count). The van der Waals surface area contributed by atoms with Gasteiger partial charge < -0.3 is 18.2 Å². The molecule has 7 aromatic carbocycles. The molecule has 2 aliphatic rings. The Hall–Kier alpha value is -6.20. The van der Waals surface area contributed by atoms with E-state index in [1.54, 1.807) is 0 Å². The van der Waals surface area contributed by atoms with Gasteiger partial charge in [-0.1, -0.05) is 114 Å². The van der Waals surface area contributed by atoms with Crippen molar-refractivity contribution < 1.29 is 8.83 Å². The lowest BCUT2D eigenvalue weighted by molar-refractivity contribution is 0.590. The van der Waals surface area contributed by atoms with Crippen LogP contribution in [0.3, 0.4) is 0 Å². The lowest BCUT2D eigenvalue weighted by Gasteiger charge is -2.42. The van der Waals surface area contributed by atoms with Gasteiger partial charge in [-0.2, -0.15) is 0 Å². The molecule has 2 aliphatic heterocycles. The van der Waals surface area contributed by atoms with Crippen molar-refractivity contribution >= 4 is 94.8 Å². The zero-order chi connectivity index (χ0) is 37.1. The topological polar surface area (TPSA) is 34.5 Å². The summed E-state index contributed by atoms with van der Waals surface area (Å²) < 4.78 is 15.7. The maximum atomic E-state index is 6.60. The third-order valence-corrected chi connectivity index (χ3v) is 12.5. The van der Waals surface area contributed by atoms with Gasteiger partial charge in [0.25, 0.3) is 0 Å².